The summed E-state index contributed by atoms with van der Waals surface area (Å²) in [4.78, 5) is 3.28. The van der Waals surface area contributed by atoms with Crippen molar-refractivity contribution in [3.63, 3.8) is 0 Å². The largest absolute Gasteiger partial charge is 0.265 e. The first kappa shape index (κ1) is 10.5. The lowest BCUT2D eigenvalue weighted by Gasteiger charge is -2.08. The predicted molar refractivity (Wildman–Crippen MR) is 43.2 cm³/mol. The molecule has 0 aliphatic rings. The van der Waals surface area contributed by atoms with Crippen molar-refractivity contribution in [2.45, 2.75) is 19.8 Å². The monoisotopic (exact) mass is 200 g/mol. The van der Waals surface area contributed by atoms with Crippen LogP contribution in [0.2, 0.25) is 0 Å². The van der Waals surface area contributed by atoms with Crippen LogP contribution in [0, 0.1) is 24.2 Å². The Morgan fingerprint density at radius 3 is 2.71 bits per heavy atom. The zero-order chi connectivity index (χ0) is 10.7. The number of nitriles is 1. The Morgan fingerprint density at radius 1 is 1.57 bits per heavy atom. The van der Waals surface area contributed by atoms with Gasteiger partial charge in [-0.25, -0.2) is 13.8 Å². The van der Waals surface area contributed by atoms with E-state index >= 15 is 0 Å². The smallest absolute Gasteiger partial charge is 0.225 e. The molecule has 0 saturated carbocycles. The minimum Gasteiger partial charge on any atom is -0.225 e. The van der Waals surface area contributed by atoms with Gasteiger partial charge in [-0.2, -0.15) is 9.65 Å². The number of nitrogens with zero attached hydrogens (tertiary/aromatic N) is 2. The fraction of sp³-hybridized carbons (Fsp3) is 0.333. The van der Waals surface area contributed by atoms with Crippen molar-refractivity contribution >= 4 is 0 Å². The minimum absolute atomic E-state index is 0.00694. The number of alkyl halides is 2. The molecular formula is C9H7F3N2. The normalized spacial score (nSPS) is 10.3. The van der Waals surface area contributed by atoms with Crippen LogP contribution < -0.4 is 0 Å². The van der Waals surface area contributed by atoms with Crippen LogP contribution in [0.25, 0.3) is 0 Å². The van der Waals surface area contributed by atoms with Gasteiger partial charge in [-0.3, -0.25) is 0 Å². The number of hydrogen-bond donors (Lipinski definition) is 0. The second-order valence-electron chi connectivity index (χ2n) is 2.74. The molecule has 0 radical (unpaired) electrons. The molecule has 0 atom stereocenters. The van der Waals surface area contributed by atoms with E-state index in [0.29, 0.717) is 0 Å². The number of aryl methyl sites for hydroxylation is 1. The van der Waals surface area contributed by atoms with E-state index in [1.54, 1.807) is 6.07 Å². The van der Waals surface area contributed by atoms with Crippen molar-refractivity contribution < 1.29 is 13.2 Å². The fourth-order valence-electron chi connectivity index (χ4n) is 1.24. The van der Waals surface area contributed by atoms with Crippen LogP contribution in [-0.4, -0.2) is 4.98 Å². The summed E-state index contributed by atoms with van der Waals surface area (Å²) in [5.41, 5.74) is -0.397. The highest BCUT2D eigenvalue weighted by Crippen LogP contribution is 2.26. The molecule has 0 amide bonds. The van der Waals surface area contributed by atoms with Crippen molar-refractivity contribution in [2.75, 3.05) is 0 Å². The summed E-state index contributed by atoms with van der Waals surface area (Å²) in [6.45, 7) is 1.30. The molecule has 0 spiro atoms. The van der Waals surface area contributed by atoms with Gasteiger partial charge in [-0.15, -0.1) is 0 Å². The molecule has 0 fully saturated rings. The van der Waals surface area contributed by atoms with E-state index in [1.165, 1.54) is 6.92 Å². The van der Waals surface area contributed by atoms with Gasteiger partial charge < -0.3 is 0 Å². The van der Waals surface area contributed by atoms with Crippen molar-refractivity contribution in [2.24, 2.45) is 0 Å². The van der Waals surface area contributed by atoms with E-state index < -0.39 is 12.4 Å². The lowest BCUT2D eigenvalue weighted by atomic mass is 10.1. The highest BCUT2D eigenvalue weighted by molar-refractivity contribution is 5.32. The molecular weight excluding hydrogens is 193 g/mol. The molecule has 0 bridgehead atoms. The maximum atomic E-state index is 12.7. The van der Waals surface area contributed by atoms with E-state index in [9.17, 15) is 13.2 Å². The lowest BCUT2D eigenvalue weighted by molar-refractivity contribution is 0.149. The molecule has 1 aromatic heterocycles. The third-order valence-corrected chi connectivity index (χ3v) is 1.79. The zero-order valence-electron chi connectivity index (χ0n) is 7.39. The van der Waals surface area contributed by atoms with E-state index in [4.69, 9.17) is 5.26 Å². The number of aromatic nitrogens is 1. The first-order chi connectivity index (χ1) is 6.56. The van der Waals surface area contributed by atoms with Crippen LogP contribution >= 0.6 is 0 Å². The first-order valence-electron chi connectivity index (χ1n) is 3.87. The average molecular weight is 200 g/mol. The van der Waals surface area contributed by atoms with Crippen LogP contribution in [0.4, 0.5) is 13.2 Å². The van der Waals surface area contributed by atoms with Gasteiger partial charge in [0.05, 0.1) is 12.5 Å². The van der Waals surface area contributed by atoms with E-state index in [2.05, 4.69) is 4.98 Å². The number of rotatable bonds is 2. The second-order valence-corrected chi connectivity index (χ2v) is 2.74. The van der Waals surface area contributed by atoms with Crippen LogP contribution in [-0.2, 0) is 6.42 Å². The number of pyridine rings is 1. The van der Waals surface area contributed by atoms with Crippen molar-refractivity contribution in [3.05, 3.63) is 28.8 Å². The van der Waals surface area contributed by atoms with Gasteiger partial charge in [0.2, 0.25) is 5.95 Å². The molecule has 5 heteroatoms. The van der Waals surface area contributed by atoms with Gasteiger partial charge >= 0.3 is 0 Å². The molecule has 2 nitrogen and oxygen atoms in total. The molecule has 0 saturated heterocycles. The highest BCUT2D eigenvalue weighted by Gasteiger charge is 2.17. The summed E-state index contributed by atoms with van der Waals surface area (Å²) in [7, 11) is 0. The van der Waals surface area contributed by atoms with Crippen LogP contribution in [0.15, 0.2) is 6.07 Å². The Labute approximate surface area is 79.0 Å². The van der Waals surface area contributed by atoms with Gasteiger partial charge in [-0.1, -0.05) is 0 Å². The third kappa shape index (κ3) is 2.02. The van der Waals surface area contributed by atoms with E-state index in [0.717, 1.165) is 6.07 Å². The zero-order valence-corrected chi connectivity index (χ0v) is 7.39. The van der Waals surface area contributed by atoms with Gasteiger partial charge in [0, 0.05) is 11.3 Å². The second kappa shape index (κ2) is 4.09. The quantitative estimate of drug-likeness (QED) is 0.688. The molecule has 0 unspecified atom stereocenters. The maximum Gasteiger partial charge on any atom is 0.265 e. The van der Waals surface area contributed by atoms with Gasteiger partial charge in [0.15, 0.2) is 0 Å². The van der Waals surface area contributed by atoms with Crippen LogP contribution in [0.3, 0.4) is 0 Å². The highest BCUT2D eigenvalue weighted by atomic mass is 19.3. The van der Waals surface area contributed by atoms with Crippen molar-refractivity contribution in [1.82, 2.24) is 4.98 Å². The predicted octanol–water partition coefficient (Wildman–Crippen LogP) is 2.53. The molecule has 0 aromatic carbocycles. The lowest BCUT2D eigenvalue weighted by Crippen LogP contribution is -2.02. The number of hydrogen-bond acceptors (Lipinski definition) is 2. The summed E-state index contributed by atoms with van der Waals surface area (Å²) >= 11 is 0. The summed E-state index contributed by atoms with van der Waals surface area (Å²) in [5, 5.41) is 8.37. The van der Waals surface area contributed by atoms with Crippen molar-refractivity contribution in [3.8, 4) is 6.07 Å². The van der Waals surface area contributed by atoms with Gasteiger partial charge in [0.1, 0.15) is 0 Å². The standard InChI is InChI=1S/C9H7F3N2/c1-5-8(9(11)12)6(2-3-13)4-7(10)14-5/h4,9H,2H2,1H3. The fourth-order valence-corrected chi connectivity index (χ4v) is 1.24. The van der Waals surface area contributed by atoms with Gasteiger partial charge in [-0.05, 0) is 18.6 Å². The summed E-state index contributed by atoms with van der Waals surface area (Å²) in [5.74, 6) is -0.836. The Kier molecular flexibility index (Phi) is 3.07. The summed E-state index contributed by atoms with van der Waals surface area (Å²) in [6.07, 6.45) is -2.97. The van der Waals surface area contributed by atoms with Crippen molar-refractivity contribution in [1.29, 1.82) is 5.26 Å². The molecule has 74 valence electrons. The Bertz CT molecular complexity index is 382. The minimum atomic E-state index is -2.73. The average Bonchev–Trinajstić information content (AvgIpc) is 2.01. The molecule has 0 N–H and O–H groups in total. The van der Waals surface area contributed by atoms with E-state index in [-0.39, 0.29) is 23.2 Å². The Morgan fingerprint density at radius 2 is 2.21 bits per heavy atom. The molecule has 0 aliphatic heterocycles. The summed E-state index contributed by atoms with van der Waals surface area (Å²) < 4.78 is 37.7. The van der Waals surface area contributed by atoms with E-state index in [1.807, 2.05) is 0 Å². The molecule has 1 heterocycles. The number of halogens is 3. The third-order valence-electron chi connectivity index (χ3n) is 1.79. The molecule has 1 aromatic rings. The molecule has 1 rings (SSSR count). The Balaban J connectivity index is 3.30. The summed E-state index contributed by atoms with van der Waals surface area (Å²) in [6, 6.07) is 2.58. The van der Waals surface area contributed by atoms with Gasteiger partial charge in [0.25, 0.3) is 6.43 Å². The topological polar surface area (TPSA) is 36.7 Å². The van der Waals surface area contributed by atoms with Crippen LogP contribution in [0.1, 0.15) is 23.2 Å². The SMILES string of the molecule is Cc1nc(F)cc(CC#N)c1C(F)F. The van der Waals surface area contributed by atoms with Crippen LogP contribution in [0.5, 0.6) is 0 Å². The first-order valence-corrected chi connectivity index (χ1v) is 3.87. The molecule has 0 aliphatic carbocycles. The molecule has 14 heavy (non-hydrogen) atoms. The Hall–Kier alpha value is -1.57. The maximum absolute atomic E-state index is 12.7.